The maximum absolute atomic E-state index is 5.34. The Labute approximate surface area is 754 Å². The monoisotopic (exact) mass is 1680 g/mol. The van der Waals surface area contributed by atoms with Crippen molar-refractivity contribution in [1.82, 2.24) is 43.6 Å². The molecule has 9 nitrogen and oxygen atoms in total. The molecule has 2 aliphatic carbocycles. The van der Waals surface area contributed by atoms with Gasteiger partial charge in [-0.15, -0.1) is 11.3 Å². The van der Waals surface area contributed by atoms with Gasteiger partial charge >= 0.3 is 0 Å². The van der Waals surface area contributed by atoms with E-state index in [4.69, 9.17) is 29.9 Å². The summed E-state index contributed by atoms with van der Waals surface area (Å²) in [6.07, 6.45) is 0. The van der Waals surface area contributed by atoms with Gasteiger partial charge in [-0.3, -0.25) is 13.7 Å². The van der Waals surface area contributed by atoms with Crippen molar-refractivity contribution < 1.29 is 0 Å². The summed E-state index contributed by atoms with van der Waals surface area (Å²) in [6, 6.07) is 149. The maximum atomic E-state index is 5.34. The Morgan fingerprint density at radius 2 is 0.523 bits per heavy atom. The minimum Gasteiger partial charge on any atom is -0.278 e. The highest BCUT2D eigenvalue weighted by atomic mass is 32.1. The van der Waals surface area contributed by atoms with Gasteiger partial charge < -0.3 is 0 Å². The molecule has 18 aromatic carbocycles. The third-order valence-electron chi connectivity index (χ3n) is 27.1. The first-order valence-electron chi connectivity index (χ1n) is 44.5. The minimum atomic E-state index is -0.0999. The molecule has 10 heteroatoms. The van der Waals surface area contributed by atoms with Gasteiger partial charge in [0.05, 0.1) is 66.7 Å². The van der Waals surface area contributed by atoms with Crippen LogP contribution in [0.3, 0.4) is 0 Å². The molecule has 0 atom stereocenters. The second kappa shape index (κ2) is 30.2. The van der Waals surface area contributed by atoms with Gasteiger partial charge in [0.15, 0.2) is 0 Å². The molecule has 0 fully saturated rings. The summed E-state index contributed by atoms with van der Waals surface area (Å²) in [4.78, 5) is 31.5. The lowest BCUT2D eigenvalue weighted by Gasteiger charge is -2.21. The van der Waals surface area contributed by atoms with Crippen molar-refractivity contribution in [3.63, 3.8) is 0 Å². The predicted molar refractivity (Wildman–Crippen MR) is 542 cm³/mol. The van der Waals surface area contributed by atoms with Crippen molar-refractivity contribution >= 4 is 130 Å². The molecule has 0 saturated carbocycles. The van der Waals surface area contributed by atoms with Gasteiger partial charge in [-0.1, -0.05) is 373 Å². The number of rotatable bonds is 9. The smallest absolute Gasteiger partial charge is 0.235 e. The predicted octanol–water partition coefficient (Wildman–Crippen LogP) is 31.2. The fourth-order valence-electron chi connectivity index (χ4n) is 20.7. The molecular weight excluding hydrogens is 1600 g/mol. The topological polar surface area (TPSA) is 92.1 Å². The van der Waals surface area contributed by atoms with E-state index in [0.29, 0.717) is 17.8 Å². The zero-order chi connectivity index (χ0) is 86.5. The van der Waals surface area contributed by atoms with E-state index in [-0.39, 0.29) is 10.8 Å². The Morgan fingerprint density at radius 3 is 0.977 bits per heavy atom. The molecule has 0 unspecified atom stereocenters. The minimum absolute atomic E-state index is 0.0676. The van der Waals surface area contributed by atoms with E-state index >= 15 is 0 Å². The summed E-state index contributed by atoms with van der Waals surface area (Å²) < 4.78 is 9.37. The van der Waals surface area contributed by atoms with Crippen LogP contribution in [-0.4, -0.2) is 43.6 Å². The summed E-state index contributed by atoms with van der Waals surface area (Å²) in [7, 11) is 0. The summed E-state index contributed by atoms with van der Waals surface area (Å²) in [5.41, 5.74) is 33.2. The van der Waals surface area contributed by atoms with Gasteiger partial charge in [0.2, 0.25) is 17.8 Å². The molecule has 2 aliphatic rings. The lowest BCUT2D eigenvalue weighted by atomic mass is 9.82. The van der Waals surface area contributed by atoms with Crippen molar-refractivity contribution in [3.05, 3.63) is 441 Å². The molecule has 27 rings (SSSR count). The van der Waals surface area contributed by atoms with Crippen LogP contribution >= 0.6 is 11.3 Å². The van der Waals surface area contributed by atoms with Gasteiger partial charge in [-0.05, 0) is 151 Å². The zero-order valence-corrected chi connectivity index (χ0v) is 72.6. The number of nitrogens with zero attached hydrogens (tertiary/aromatic N) is 9. The Morgan fingerprint density at radius 1 is 0.200 bits per heavy atom. The van der Waals surface area contributed by atoms with E-state index in [2.05, 4.69) is 448 Å². The van der Waals surface area contributed by atoms with Crippen LogP contribution in [0.25, 0.3) is 226 Å². The highest BCUT2D eigenvalue weighted by Gasteiger charge is 2.39. The van der Waals surface area contributed by atoms with Crippen LogP contribution in [0.2, 0.25) is 0 Å². The summed E-state index contributed by atoms with van der Waals surface area (Å²) >= 11 is 1.86. The Balaban J connectivity index is 0.000000105. The first-order chi connectivity index (χ1) is 64.0. The van der Waals surface area contributed by atoms with Crippen molar-refractivity contribution in [2.24, 2.45) is 0 Å². The summed E-state index contributed by atoms with van der Waals surface area (Å²) in [5.74, 6) is 2.05. The maximum Gasteiger partial charge on any atom is 0.235 e. The molecule has 0 saturated heterocycles. The SMILES string of the molecule is CC1(C)c2ccccc2-c2cc3c(cc21)c1ccccc1n3-c1nc(-c2ccc(-c3ccccc3)cc2)c2ccccc2n1.CC1(C)c2ccccc2-c2cc3c4ccccc4n(-c4nc(-c5ccc(-c6ccccc6)cc5)c5ccccc5n4)c3cc21.c1ccc(-c2ccc(-c3nc(-n4c5ccccc5c5c6sc7ccccc7c6ccc54)nc4ccccc34)cc2)cc1. The van der Waals surface area contributed by atoms with Crippen LogP contribution in [0.1, 0.15) is 49.9 Å². The molecule has 0 N–H and O–H groups in total. The quantitative estimate of drug-likeness (QED) is 0.143. The Hall–Kier alpha value is -16.4. The van der Waals surface area contributed by atoms with E-state index in [9.17, 15) is 0 Å². The first-order valence-corrected chi connectivity index (χ1v) is 45.3. The number of para-hydroxylation sites is 6. The second-order valence-electron chi connectivity index (χ2n) is 35.2. The van der Waals surface area contributed by atoms with E-state index in [1.165, 1.54) is 130 Å². The summed E-state index contributed by atoms with van der Waals surface area (Å²) in [5, 5.41) is 13.1. The molecular formula is C120H81N9S. The van der Waals surface area contributed by atoms with E-state index in [1.54, 1.807) is 0 Å². The highest BCUT2D eigenvalue weighted by Crippen LogP contribution is 2.54. The number of aromatic nitrogens is 9. The molecule has 7 aromatic heterocycles. The number of thiophene rings is 1. The largest absolute Gasteiger partial charge is 0.278 e. The van der Waals surface area contributed by atoms with Gasteiger partial charge in [0.25, 0.3) is 0 Å². The van der Waals surface area contributed by atoms with Gasteiger partial charge in [-0.25, -0.2) is 29.9 Å². The van der Waals surface area contributed by atoms with Crippen LogP contribution in [0.5, 0.6) is 0 Å². The van der Waals surface area contributed by atoms with Crippen LogP contribution in [0.4, 0.5) is 0 Å². The number of hydrogen-bond acceptors (Lipinski definition) is 7. The van der Waals surface area contributed by atoms with Crippen LogP contribution in [-0.2, 0) is 10.8 Å². The molecule has 0 bridgehead atoms. The third-order valence-corrected chi connectivity index (χ3v) is 28.3. The third kappa shape index (κ3) is 12.3. The van der Waals surface area contributed by atoms with Crippen molar-refractivity contribution in [2.75, 3.05) is 0 Å². The lowest BCUT2D eigenvalue weighted by molar-refractivity contribution is 0.661. The molecule has 130 heavy (non-hydrogen) atoms. The highest BCUT2D eigenvalue weighted by molar-refractivity contribution is 7.26. The normalized spacial score (nSPS) is 12.9. The molecule has 25 aromatic rings. The van der Waals surface area contributed by atoms with Crippen LogP contribution < -0.4 is 0 Å². The zero-order valence-electron chi connectivity index (χ0n) is 71.8. The van der Waals surface area contributed by atoms with Crippen LogP contribution in [0, 0.1) is 0 Å². The Kier molecular flexibility index (Phi) is 17.7. The fourth-order valence-corrected chi connectivity index (χ4v) is 22.0. The van der Waals surface area contributed by atoms with Gasteiger partial charge in [0, 0.05) is 96.2 Å². The van der Waals surface area contributed by atoms with Gasteiger partial charge in [0.1, 0.15) is 0 Å². The molecule has 0 amide bonds. The molecule has 0 spiro atoms. The van der Waals surface area contributed by atoms with E-state index in [0.717, 1.165) is 99.6 Å². The Bertz CT molecular complexity index is 8890. The summed E-state index contributed by atoms with van der Waals surface area (Å²) in [6.45, 7) is 9.34. The molecule has 7 heterocycles. The standard InChI is InChI=1S/2C41H29N3.C38H23N3S/c1-41(2)34-17-9-6-14-29(34)32-25-38-33(24-35(32)41)30-15-8-11-19-37(30)44(38)40-42-36-18-10-7-16-31(36)39(43-40)28-22-20-27(21-23-28)26-12-4-3-5-13-26;1-41(2)34-17-9-6-14-29(34)32-24-33-30-15-8-11-19-37(30)44(38(33)25-35(32)41)40-42-36-18-10-7-16-31(36)39(43-40)28-22-20-27(21-23-28)26-12-4-3-5-13-26;1-2-10-24(11-3-1)25-18-20-26(21-19-25)36-29-13-4-7-15-31(29)39-38(40-36)41-32-16-8-5-14-30(32)35-33(41)23-22-28-27-12-6-9-17-34(27)42-37(28)35/h2*3-25H,1-2H3;1-23H. The van der Waals surface area contributed by atoms with Crippen LogP contribution in [0.15, 0.2) is 419 Å². The molecule has 0 aliphatic heterocycles. The first kappa shape index (κ1) is 76.1. The average Bonchev–Trinajstić information content (AvgIpc) is 1.58. The van der Waals surface area contributed by atoms with E-state index in [1.807, 2.05) is 23.5 Å². The fraction of sp³-hybridized carbons (Fsp3) is 0.0500. The molecule has 612 valence electrons. The van der Waals surface area contributed by atoms with Gasteiger partial charge in [-0.2, -0.15) is 0 Å². The second-order valence-corrected chi connectivity index (χ2v) is 36.2. The number of hydrogen-bond donors (Lipinski definition) is 0. The van der Waals surface area contributed by atoms with Crippen molar-refractivity contribution in [1.29, 1.82) is 0 Å². The van der Waals surface area contributed by atoms with E-state index < -0.39 is 0 Å². The van der Waals surface area contributed by atoms with Crippen molar-refractivity contribution in [2.45, 2.75) is 38.5 Å². The number of fused-ring (bicyclic) bond motifs is 22. The lowest BCUT2D eigenvalue weighted by Crippen LogP contribution is -2.15. The molecule has 0 radical (unpaired) electrons. The van der Waals surface area contributed by atoms with Crippen molar-refractivity contribution in [3.8, 4) is 107 Å². The number of benzene rings is 18. The average molecular weight is 1680 g/mol.